The van der Waals surface area contributed by atoms with Crippen molar-refractivity contribution in [1.82, 2.24) is 9.88 Å². The monoisotopic (exact) mass is 451 g/mol. The van der Waals surface area contributed by atoms with Crippen LogP contribution in [-0.2, 0) is 30.4 Å². The molecule has 8 nitrogen and oxygen atoms in total. The summed E-state index contributed by atoms with van der Waals surface area (Å²) in [6.07, 6.45) is 0.383. The minimum Gasteiger partial charge on any atom is -0.466 e. The molecular weight excluding hydrogens is 418 g/mol. The maximum atomic E-state index is 12.4. The van der Waals surface area contributed by atoms with E-state index in [2.05, 4.69) is 4.98 Å². The number of allylic oxidation sites excluding steroid dienone is 1. The van der Waals surface area contributed by atoms with Gasteiger partial charge in [-0.05, 0) is 40.7 Å². The number of hydrogen-bond acceptors (Lipinski definition) is 8. The van der Waals surface area contributed by atoms with Gasteiger partial charge < -0.3 is 20.1 Å². The third kappa shape index (κ3) is 9.00. The molecular formula is C22H33N3O5S. The smallest absolute Gasteiger partial charge is 0.312 e. The van der Waals surface area contributed by atoms with Crippen LogP contribution >= 0.6 is 11.8 Å². The van der Waals surface area contributed by atoms with Gasteiger partial charge in [-0.25, -0.2) is 4.98 Å². The van der Waals surface area contributed by atoms with Gasteiger partial charge in [-0.15, -0.1) is 0 Å². The van der Waals surface area contributed by atoms with E-state index in [9.17, 15) is 14.4 Å². The van der Waals surface area contributed by atoms with Crippen molar-refractivity contribution < 1.29 is 23.9 Å². The molecule has 1 amide bonds. The molecule has 1 aromatic heterocycles. The van der Waals surface area contributed by atoms with Crippen LogP contribution < -0.4 is 5.73 Å². The first-order valence-electron chi connectivity index (χ1n) is 9.96. The number of thioether (sulfide) groups is 1. The lowest BCUT2D eigenvalue weighted by molar-refractivity contribution is -0.150. The van der Waals surface area contributed by atoms with Gasteiger partial charge in [-0.2, -0.15) is 0 Å². The molecule has 0 unspecified atom stereocenters. The van der Waals surface area contributed by atoms with Gasteiger partial charge in [0.1, 0.15) is 11.8 Å². The summed E-state index contributed by atoms with van der Waals surface area (Å²) < 4.78 is 10.4. The van der Waals surface area contributed by atoms with Gasteiger partial charge in [-0.3, -0.25) is 14.4 Å². The van der Waals surface area contributed by atoms with Crippen molar-refractivity contribution in [3.63, 3.8) is 0 Å². The molecule has 1 rings (SSSR count). The second kappa shape index (κ2) is 11.7. The standard InChI is InChI=1S/C22H33N3O5S/c1-14-8-9-18(20(23)24-14)12-25(16(3)26)15(2)19(10-11-29-17(4)27)31-13-30-21(28)22(5,6)7/h8-9H,10-13H2,1-7H3,(H2,23,24)/b19-15-. The summed E-state index contributed by atoms with van der Waals surface area (Å²) in [4.78, 5) is 42.3. The first kappa shape index (κ1) is 26.5. The van der Waals surface area contributed by atoms with E-state index in [-0.39, 0.29) is 36.9 Å². The van der Waals surface area contributed by atoms with Crippen LogP contribution in [0.3, 0.4) is 0 Å². The number of rotatable bonds is 9. The Balaban J connectivity index is 3.10. The van der Waals surface area contributed by atoms with Crippen molar-refractivity contribution in [2.24, 2.45) is 5.41 Å². The van der Waals surface area contributed by atoms with Crippen molar-refractivity contribution in [3.05, 3.63) is 34.0 Å². The van der Waals surface area contributed by atoms with Crippen LogP contribution in [-0.4, -0.2) is 40.3 Å². The molecule has 0 fully saturated rings. The van der Waals surface area contributed by atoms with Crippen molar-refractivity contribution in [3.8, 4) is 0 Å². The fraction of sp³-hybridized carbons (Fsp3) is 0.545. The predicted molar refractivity (Wildman–Crippen MR) is 122 cm³/mol. The lowest BCUT2D eigenvalue weighted by Crippen LogP contribution is -2.28. The minimum absolute atomic E-state index is 0.0861. The average Bonchev–Trinajstić information content (AvgIpc) is 2.64. The number of carbonyl (C=O) groups is 3. The summed E-state index contributed by atoms with van der Waals surface area (Å²) in [5, 5.41) is 0. The third-order valence-electron chi connectivity index (χ3n) is 4.34. The number of anilines is 1. The maximum Gasteiger partial charge on any atom is 0.312 e. The highest BCUT2D eigenvalue weighted by molar-refractivity contribution is 8.02. The number of nitrogen functional groups attached to an aromatic ring is 1. The third-order valence-corrected chi connectivity index (χ3v) is 5.42. The Hall–Kier alpha value is -2.55. The van der Waals surface area contributed by atoms with E-state index in [1.807, 2.05) is 19.1 Å². The Bertz CT molecular complexity index is 846. The Kier molecular flexibility index (Phi) is 10.0. The molecule has 0 saturated carbocycles. The normalized spacial score (nSPS) is 12.1. The number of esters is 2. The Morgan fingerprint density at radius 3 is 2.29 bits per heavy atom. The number of amides is 1. The fourth-order valence-electron chi connectivity index (χ4n) is 2.54. The maximum absolute atomic E-state index is 12.4. The number of nitrogens with zero attached hydrogens (tertiary/aromatic N) is 2. The van der Waals surface area contributed by atoms with Crippen LogP contribution in [0.5, 0.6) is 0 Å². The lowest BCUT2D eigenvalue weighted by atomic mass is 9.98. The lowest BCUT2D eigenvalue weighted by Gasteiger charge is -2.25. The van der Waals surface area contributed by atoms with Gasteiger partial charge in [0.05, 0.1) is 18.6 Å². The first-order valence-corrected chi connectivity index (χ1v) is 10.9. The molecule has 0 radical (unpaired) electrons. The topological polar surface area (TPSA) is 112 Å². The molecule has 0 aromatic carbocycles. The van der Waals surface area contributed by atoms with Crippen molar-refractivity contribution in [2.75, 3.05) is 18.3 Å². The van der Waals surface area contributed by atoms with Gasteiger partial charge in [-0.1, -0.05) is 17.8 Å². The highest BCUT2D eigenvalue weighted by Crippen LogP contribution is 2.28. The van der Waals surface area contributed by atoms with E-state index in [0.29, 0.717) is 17.9 Å². The van der Waals surface area contributed by atoms with Crippen molar-refractivity contribution in [2.45, 2.75) is 61.4 Å². The number of aromatic nitrogens is 1. The molecule has 0 atom stereocenters. The minimum atomic E-state index is -0.612. The molecule has 2 N–H and O–H groups in total. The Labute approximate surface area is 188 Å². The predicted octanol–water partition coefficient (Wildman–Crippen LogP) is 3.79. The van der Waals surface area contributed by atoms with Gasteiger partial charge in [0.2, 0.25) is 5.91 Å². The van der Waals surface area contributed by atoms with E-state index in [4.69, 9.17) is 15.2 Å². The van der Waals surface area contributed by atoms with E-state index < -0.39 is 5.41 Å². The quantitative estimate of drug-likeness (QED) is 0.446. The van der Waals surface area contributed by atoms with E-state index in [1.54, 1.807) is 32.6 Å². The van der Waals surface area contributed by atoms with E-state index in [0.717, 1.165) is 16.2 Å². The number of aryl methyl sites for hydroxylation is 1. The number of nitrogens with two attached hydrogens (primary N) is 1. The fourth-order valence-corrected chi connectivity index (χ4v) is 3.40. The van der Waals surface area contributed by atoms with Crippen LogP contribution in [0.4, 0.5) is 5.82 Å². The van der Waals surface area contributed by atoms with Crippen LogP contribution in [0.2, 0.25) is 0 Å². The van der Waals surface area contributed by atoms with Crippen LogP contribution in [0, 0.1) is 12.3 Å². The Morgan fingerprint density at radius 1 is 1.13 bits per heavy atom. The van der Waals surface area contributed by atoms with Gasteiger partial charge in [0.25, 0.3) is 0 Å². The van der Waals surface area contributed by atoms with E-state index in [1.165, 1.54) is 25.6 Å². The molecule has 0 aliphatic rings. The number of carbonyl (C=O) groups excluding carboxylic acids is 3. The second-order valence-corrected chi connectivity index (χ2v) is 9.16. The molecule has 0 saturated heterocycles. The molecule has 0 aliphatic heterocycles. The molecule has 31 heavy (non-hydrogen) atoms. The van der Waals surface area contributed by atoms with Crippen LogP contribution in [0.25, 0.3) is 0 Å². The highest BCUT2D eigenvalue weighted by atomic mass is 32.2. The summed E-state index contributed by atoms with van der Waals surface area (Å²) in [6, 6.07) is 3.68. The average molecular weight is 452 g/mol. The van der Waals surface area contributed by atoms with Gasteiger partial charge in [0.15, 0.2) is 0 Å². The van der Waals surface area contributed by atoms with Gasteiger partial charge >= 0.3 is 11.9 Å². The molecule has 0 aliphatic carbocycles. The first-order chi connectivity index (χ1) is 14.3. The zero-order valence-electron chi connectivity index (χ0n) is 19.4. The van der Waals surface area contributed by atoms with Crippen molar-refractivity contribution >= 4 is 35.4 Å². The van der Waals surface area contributed by atoms with Gasteiger partial charge in [0, 0.05) is 42.1 Å². The second-order valence-electron chi connectivity index (χ2n) is 8.14. The zero-order chi connectivity index (χ0) is 23.8. The molecule has 172 valence electrons. The highest BCUT2D eigenvalue weighted by Gasteiger charge is 2.24. The summed E-state index contributed by atoms with van der Waals surface area (Å²) in [7, 11) is 0. The van der Waals surface area contributed by atoms with Crippen LogP contribution in [0.15, 0.2) is 22.7 Å². The largest absolute Gasteiger partial charge is 0.466 e. The van der Waals surface area contributed by atoms with Crippen LogP contribution in [0.1, 0.15) is 59.2 Å². The summed E-state index contributed by atoms with van der Waals surface area (Å²) in [5.74, 6) is -0.424. The number of ether oxygens (including phenoxy) is 2. The van der Waals surface area contributed by atoms with E-state index >= 15 is 0 Å². The summed E-state index contributed by atoms with van der Waals surface area (Å²) in [6.45, 7) is 12.2. The summed E-state index contributed by atoms with van der Waals surface area (Å²) >= 11 is 1.29. The zero-order valence-corrected chi connectivity index (χ0v) is 20.2. The molecule has 0 bridgehead atoms. The number of pyridine rings is 1. The van der Waals surface area contributed by atoms with Crippen molar-refractivity contribution in [1.29, 1.82) is 0 Å². The SMILES string of the molecule is CC(=O)OCC/C(SCOC(=O)C(C)(C)C)=C(\C)N(Cc1ccc(C)nc1N)C(C)=O. The molecule has 1 aromatic rings. The molecule has 0 spiro atoms. The Morgan fingerprint density at radius 2 is 1.77 bits per heavy atom. The molecule has 1 heterocycles. The summed E-state index contributed by atoms with van der Waals surface area (Å²) in [5.41, 5.74) is 7.61. The molecule has 9 heteroatoms. The number of hydrogen-bond donors (Lipinski definition) is 1.